The summed E-state index contributed by atoms with van der Waals surface area (Å²) in [4.78, 5) is 25.2. The van der Waals surface area contributed by atoms with E-state index < -0.39 is 4.92 Å². The monoisotopic (exact) mass is 355 g/mol. The van der Waals surface area contributed by atoms with Crippen LogP contribution in [0.3, 0.4) is 0 Å². The summed E-state index contributed by atoms with van der Waals surface area (Å²) in [6, 6.07) is 14.3. The lowest BCUT2D eigenvalue weighted by Gasteiger charge is -2.33. The molecule has 1 aliphatic heterocycles. The average Bonchev–Trinajstić information content (AvgIpc) is 2.69. The van der Waals surface area contributed by atoms with E-state index in [1.807, 2.05) is 18.2 Å². The van der Waals surface area contributed by atoms with Crippen molar-refractivity contribution in [2.75, 3.05) is 30.4 Å². The van der Waals surface area contributed by atoms with E-state index >= 15 is 0 Å². The van der Waals surface area contributed by atoms with Gasteiger partial charge in [-0.05, 0) is 31.0 Å². The van der Waals surface area contributed by atoms with Crippen LogP contribution in [0.25, 0.3) is 0 Å². The largest absolute Gasteiger partial charge is 0.494 e. The molecule has 1 heterocycles. The number of anilines is 2. The third-order valence-electron chi connectivity index (χ3n) is 4.64. The van der Waals surface area contributed by atoms with Crippen LogP contribution in [0, 0.1) is 16.0 Å². The fourth-order valence-corrected chi connectivity index (χ4v) is 3.17. The van der Waals surface area contributed by atoms with Crippen molar-refractivity contribution in [3.05, 3.63) is 58.6 Å². The second-order valence-corrected chi connectivity index (χ2v) is 6.23. The summed E-state index contributed by atoms with van der Waals surface area (Å²) in [7, 11) is 1.42. The molecule has 1 fully saturated rings. The number of non-ortho nitro benzene ring substituents is 1. The number of amides is 1. The van der Waals surface area contributed by atoms with Gasteiger partial charge in [-0.2, -0.15) is 0 Å². The molecule has 3 rings (SSSR count). The number of nitro benzene ring substituents is 1. The Morgan fingerprint density at radius 1 is 1.19 bits per heavy atom. The van der Waals surface area contributed by atoms with Crippen molar-refractivity contribution in [2.45, 2.75) is 12.8 Å². The molecule has 0 bridgehead atoms. The zero-order valence-electron chi connectivity index (χ0n) is 14.6. The second kappa shape index (κ2) is 7.86. The van der Waals surface area contributed by atoms with Gasteiger partial charge in [-0.3, -0.25) is 14.9 Å². The Hall–Kier alpha value is -3.09. The number of hydrogen-bond donors (Lipinski definition) is 1. The highest BCUT2D eigenvalue weighted by Gasteiger charge is 2.26. The van der Waals surface area contributed by atoms with Crippen molar-refractivity contribution >= 4 is 23.0 Å². The molecule has 0 spiro atoms. The van der Waals surface area contributed by atoms with E-state index in [-0.39, 0.29) is 23.3 Å². The van der Waals surface area contributed by atoms with Crippen molar-refractivity contribution in [1.29, 1.82) is 0 Å². The summed E-state index contributed by atoms with van der Waals surface area (Å²) in [5.74, 6) is 0.119. The van der Waals surface area contributed by atoms with Crippen molar-refractivity contribution < 1.29 is 14.5 Å². The first-order valence-corrected chi connectivity index (χ1v) is 8.52. The van der Waals surface area contributed by atoms with Crippen LogP contribution in [-0.2, 0) is 4.79 Å². The van der Waals surface area contributed by atoms with Gasteiger partial charge < -0.3 is 15.0 Å². The van der Waals surface area contributed by atoms with Crippen LogP contribution in [0.2, 0.25) is 0 Å². The molecular weight excluding hydrogens is 334 g/mol. The summed E-state index contributed by atoms with van der Waals surface area (Å²) >= 11 is 0. The third kappa shape index (κ3) is 3.93. The van der Waals surface area contributed by atoms with Crippen LogP contribution in [-0.4, -0.2) is 31.0 Å². The lowest BCUT2D eigenvalue weighted by molar-refractivity contribution is -0.384. The number of hydrogen-bond acceptors (Lipinski definition) is 5. The number of piperidine rings is 1. The number of nitrogens with zero attached hydrogens (tertiary/aromatic N) is 2. The molecule has 0 radical (unpaired) electrons. The lowest BCUT2D eigenvalue weighted by Crippen LogP contribution is -2.38. The Morgan fingerprint density at radius 3 is 2.50 bits per heavy atom. The van der Waals surface area contributed by atoms with E-state index in [1.165, 1.54) is 31.0 Å². The standard InChI is InChI=1S/C19H21N3O4/c1-26-18-13-16(22(24)25)7-8-17(18)20-19(23)14-9-11-21(12-10-14)15-5-3-2-4-6-15/h2-8,13-14H,9-12H2,1H3,(H,20,23). The van der Waals surface area contributed by atoms with Gasteiger partial charge in [0, 0.05) is 30.8 Å². The minimum absolute atomic E-state index is 0.0731. The maximum absolute atomic E-state index is 12.6. The third-order valence-corrected chi connectivity index (χ3v) is 4.64. The molecule has 0 atom stereocenters. The highest BCUT2D eigenvalue weighted by molar-refractivity contribution is 5.94. The maximum Gasteiger partial charge on any atom is 0.273 e. The highest BCUT2D eigenvalue weighted by Crippen LogP contribution is 2.30. The number of para-hydroxylation sites is 1. The SMILES string of the molecule is COc1cc([N+](=O)[O-])ccc1NC(=O)C1CCN(c2ccccc2)CC1. The van der Waals surface area contributed by atoms with E-state index in [4.69, 9.17) is 4.74 Å². The zero-order chi connectivity index (χ0) is 18.5. The minimum Gasteiger partial charge on any atom is -0.494 e. The maximum atomic E-state index is 12.6. The van der Waals surface area contributed by atoms with Gasteiger partial charge in [0.25, 0.3) is 5.69 Å². The van der Waals surface area contributed by atoms with Gasteiger partial charge in [-0.15, -0.1) is 0 Å². The molecule has 1 N–H and O–H groups in total. The van der Waals surface area contributed by atoms with Gasteiger partial charge in [-0.1, -0.05) is 18.2 Å². The highest BCUT2D eigenvalue weighted by atomic mass is 16.6. The molecular formula is C19H21N3O4. The van der Waals surface area contributed by atoms with E-state index in [9.17, 15) is 14.9 Å². The van der Waals surface area contributed by atoms with E-state index in [0.717, 1.165) is 25.9 Å². The molecule has 136 valence electrons. The summed E-state index contributed by atoms with van der Waals surface area (Å²) in [6.07, 6.45) is 1.52. The summed E-state index contributed by atoms with van der Waals surface area (Å²) < 4.78 is 5.17. The van der Waals surface area contributed by atoms with Gasteiger partial charge >= 0.3 is 0 Å². The predicted molar refractivity (Wildman–Crippen MR) is 99.7 cm³/mol. The second-order valence-electron chi connectivity index (χ2n) is 6.23. The van der Waals surface area contributed by atoms with E-state index in [0.29, 0.717) is 5.69 Å². The van der Waals surface area contributed by atoms with Crippen LogP contribution in [0.15, 0.2) is 48.5 Å². The number of rotatable bonds is 5. The molecule has 7 nitrogen and oxygen atoms in total. The fourth-order valence-electron chi connectivity index (χ4n) is 3.17. The van der Waals surface area contributed by atoms with Crippen LogP contribution < -0.4 is 15.0 Å². The van der Waals surface area contributed by atoms with E-state index in [1.54, 1.807) is 0 Å². The fraction of sp³-hybridized carbons (Fsp3) is 0.316. The number of ether oxygens (including phenoxy) is 1. The van der Waals surface area contributed by atoms with Crippen LogP contribution in [0.5, 0.6) is 5.75 Å². The molecule has 2 aromatic rings. The quantitative estimate of drug-likeness (QED) is 0.656. The van der Waals surface area contributed by atoms with Gasteiger partial charge in [0.15, 0.2) is 0 Å². The number of methoxy groups -OCH3 is 1. The first-order valence-electron chi connectivity index (χ1n) is 8.52. The van der Waals surface area contributed by atoms with Gasteiger partial charge in [0.1, 0.15) is 5.75 Å². The Labute approximate surface area is 151 Å². The molecule has 2 aromatic carbocycles. The number of nitro groups is 1. The van der Waals surface area contributed by atoms with Gasteiger partial charge in [0.05, 0.1) is 23.8 Å². The van der Waals surface area contributed by atoms with Crippen molar-refractivity contribution in [2.24, 2.45) is 5.92 Å². The van der Waals surface area contributed by atoms with Crippen molar-refractivity contribution in [1.82, 2.24) is 0 Å². The number of carbonyl (C=O) groups is 1. The smallest absolute Gasteiger partial charge is 0.273 e. The Morgan fingerprint density at radius 2 is 1.88 bits per heavy atom. The molecule has 0 aliphatic carbocycles. The summed E-state index contributed by atoms with van der Waals surface area (Å²) in [6.45, 7) is 1.64. The van der Waals surface area contributed by atoms with Gasteiger partial charge in [0.2, 0.25) is 5.91 Å². The number of carbonyl (C=O) groups excluding carboxylic acids is 1. The topological polar surface area (TPSA) is 84.7 Å². The van der Waals surface area contributed by atoms with E-state index in [2.05, 4.69) is 22.3 Å². The number of nitrogens with one attached hydrogen (secondary N) is 1. The van der Waals surface area contributed by atoms with Gasteiger partial charge in [-0.25, -0.2) is 0 Å². The molecule has 1 amide bonds. The molecule has 0 saturated carbocycles. The Balaban J connectivity index is 1.62. The summed E-state index contributed by atoms with van der Waals surface area (Å²) in [5, 5.41) is 13.7. The van der Waals surface area contributed by atoms with Crippen LogP contribution in [0.1, 0.15) is 12.8 Å². The first kappa shape index (κ1) is 17.7. The Bertz CT molecular complexity index is 787. The van der Waals surface area contributed by atoms with Crippen LogP contribution in [0.4, 0.5) is 17.1 Å². The molecule has 26 heavy (non-hydrogen) atoms. The molecule has 0 unspecified atom stereocenters. The molecule has 7 heteroatoms. The number of benzene rings is 2. The summed E-state index contributed by atoms with van der Waals surface area (Å²) in [5.41, 5.74) is 1.55. The van der Waals surface area contributed by atoms with Crippen molar-refractivity contribution in [3.8, 4) is 5.75 Å². The van der Waals surface area contributed by atoms with Crippen molar-refractivity contribution in [3.63, 3.8) is 0 Å². The first-order chi connectivity index (χ1) is 12.6. The molecule has 1 aliphatic rings. The predicted octanol–water partition coefficient (Wildman–Crippen LogP) is 3.46. The van der Waals surface area contributed by atoms with Crippen LogP contribution >= 0.6 is 0 Å². The Kier molecular flexibility index (Phi) is 5.36. The molecule has 1 saturated heterocycles. The molecule has 0 aromatic heterocycles. The average molecular weight is 355 g/mol. The normalized spacial score (nSPS) is 14.7. The lowest BCUT2D eigenvalue weighted by atomic mass is 9.95. The zero-order valence-corrected chi connectivity index (χ0v) is 14.6. The minimum atomic E-state index is -0.493.